The zero-order valence-electron chi connectivity index (χ0n) is 14.6. The Morgan fingerprint density at radius 1 is 1.08 bits per heavy atom. The first-order chi connectivity index (χ1) is 12.6. The van der Waals surface area contributed by atoms with Crippen molar-refractivity contribution < 1.29 is 8.78 Å². The van der Waals surface area contributed by atoms with Gasteiger partial charge < -0.3 is 10.6 Å². The van der Waals surface area contributed by atoms with Crippen molar-refractivity contribution >= 4 is 17.7 Å². The molecular formula is C19H20F2N4S. The first kappa shape index (κ1) is 19.7. The first-order valence-electron chi connectivity index (χ1n) is 7.96. The fourth-order valence-corrected chi connectivity index (χ4v) is 2.99. The summed E-state index contributed by atoms with van der Waals surface area (Å²) in [4.78, 5) is 4.11. The predicted molar refractivity (Wildman–Crippen MR) is 102 cm³/mol. The largest absolute Gasteiger partial charge is 0.352 e. The molecule has 0 atom stereocenters. The number of benzene rings is 2. The predicted octanol–water partition coefficient (Wildman–Crippen LogP) is 3.56. The van der Waals surface area contributed by atoms with Gasteiger partial charge in [0.2, 0.25) is 0 Å². The van der Waals surface area contributed by atoms with Gasteiger partial charge in [0.25, 0.3) is 0 Å². The fraction of sp³-hybridized carbons (Fsp3) is 0.263. The Morgan fingerprint density at radius 2 is 1.81 bits per heavy atom. The molecule has 2 aromatic carbocycles. The number of halogens is 2. The van der Waals surface area contributed by atoms with Gasteiger partial charge in [-0.15, -0.1) is 0 Å². The molecule has 26 heavy (non-hydrogen) atoms. The molecule has 7 heteroatoms. The number of rotatable bonds is 6. The lowest BCUT2D eigenvalue weighted by Crippen LogP contribution is -2.36. The minimum absolute atomic E-state index is 0.197. The number of hydrogen-bond acceptors (Lipinski definition) is 3. The zero-order valence-corrected chi connectivity index (χ0v) is 15.5. The van der Waals surface area contributed by atoms with Crippen LogP contribution in [0.25, 0.3) is 0 Å². The van der Waals surface area contributed by atoms with Crippen molar-refractivity contribution in [3.63, 3.8) is 0 Å². The zero-order chi connectivity index (χ0) is 18.9. The van der Waals surface area contributed by atoms with Crippen LogP contribution in [-0.2, 0) is 18.8 Å². The van der Waals surface area contributed by atoms with Gasteiger partial charge in [0.15, 0.2) is 5.96 Å². The lowest BCUT2D eigenvalue weighted by Gasteiger charge is -2.14. The molecule has 0 aliphatic heterocycles. The Bertz CT molecular complexity index is 831. The van der Waals surface area contributed by atoms with E-state index in [1.54, 1.807) is 24.9 Å². The van der Waals surface area contributed by atoms with Crippen LogP contribution in [0.4, 0.5) is 8.78 Å². The minimum atomic E-state index is -0.382. The summed E-state index contributed by atoms with van der Waals surface area (Å²) in [6.45, 7) is 0.665. The molecule has 0 saturated heterocycles. The second-order valence-corrected chi connectivity index (χ2v) is 6.41. The second kappa shape index (κ2) is 9.78. The number of nitriles is 1. The van der Waals surface area contributed by atoms with E-state index in [0.29, 0.717) is 29.4 Å². The summed E-state index contributed by atoms with van der Waals surface area (Å²) in [5.74, 6) is 0.569. The normalized spacial score (nSPS) is 11.1. The van der Waals surface area contributed by atoms with Gasteiger partial charge in [-0.05, 0) is 47.7 Å². The lowest BCUT2D eigenvalue weighted by molar-refractivity contribution is 0.604. The summed E-state index contributed by atoms with van der Waals surface area (Å²) in [6.07, 6.45) is 1.96. The molecule has 2 rings (SSSR count). The van der Waals surface area contributed by atoms with E-state index in [9.17, 15) is 8.78 Å². The third kappa shape index (κ3) is 5.46. The van der Waals surface area contributed by atoms with Crippen molar-refractivity contribution in [2.45, 2.75) is 18.8 Å². The number of aliphatic imine (C=N–C) groups is 1. The van der Waals surface area contributed by atoms with E-state index < -0.39 is 0 Å². The molecule has 0 radical (unpaired) electrons. The van der Waals surface area contributed by atoms with Crippen molar-refractivity contribution in [1.82, 2.24) is 10.6 Å². The van der Waals surface area contributed by atoms with Gasteiger partial charge in [0, 0.05) is 31.5 Å². The smallest absolute Gasteiger partial charge is 0.191 e. The number of guanidine groups is 1. The van der Waals surface area contributed by atoms with Gasteiger partial charge in [-0.2, -0.15) is 17.0 Å². The minimum Gasteiger partial charge on any atom is -0.352 e. The average molecular weight is 374 g/mol. The van der Waals surface area contributed by atoms with E-state index in [2.05, 4.69) is 15.6 Å². The van der Waals surface area contributed by atoms with Crippen molar-refractivity contribution in [2.24, 2.45) is 4.99 Å². The fourth-order valence-electron chi connectivity index (χ4n) is 2.42. The first-order valence-corrected chi connectivity index (χ1v) is 9.36. The summed E-state index contributed by atoms with van der Waals surface area (Å²) in [6, 6.07) is 10.9. The van der Waals surface area contributed by atoms with Crippen LogP contribution in [0, 0.1) is 23.0 Å². The second-order valence-electron chi connectivity index (χ2n) is 5.54. The molecule has 0 saturated carbocycles. The molecule has 0 bridgehead atoms. The van der Waals surface area contributed by atoms with Crippen LogP contribution in [0.5, 0.6) is 0 Å². The third-order valence-corrected chi connectivity index (χ3v) is 4.36. The van der Waals surface area contributed by atoms with Crippen LogP contribution >= 0.6 is 11.8 Å². The van der Waals surface area contributed by atoms with E-state index in [4.69, 9.17) is 5.26 Å². The molecule has 2 aromatic rings. The maximum Gasteiger partial charge on any atom is 0.191 e. The molecule has 0 aliphatic rings. The summed E-state index contributed by atoms with van der Waals surface area (Å²) in [5.41, 5.74) is 2.69. The molecule has 136 valence electrons. The topological polar surface area (TPSA) is 60.2 Å². The monoisotopic (exact) mass is 374 g/mol. The standard InChI is InChI=1S/C19H20F2N4S/c1-23-19(25-11-15-7-13(9-22)3-6-18(15)21)24-10-14-4-5-17(20)8-16(14)12-26-2/h3-8H,10-12H2,1-2H3,(H2,23,24,25). The molecule has 0 spiro atoms. The Balaban J connectivity index is 2.00. The van der Waals surface area contributed by atoms with Gasteiger partial charge in [0.05, 0.1) is 11.6 Å². The highest BCUT2D eigenvalue weighted by Gasteiger charge is 2.07. The lowest BCUT2D eigenvalue weighted by atomic mass is 10.1. The third-order valence-electron chi connectivity index (χ3n) is 3.76. The Labute approximate surface area is 156 Å². The van der Waals surface area contributed by atoms with E-state index >= 15 is 0 Å². The van der Waals surface area contributed by atoms with Gasteiger partial charge in [0.1, 0.15) is 11.6 Å². The quantitative estimate of drug-likeness (QED) is 0.600. The van der Waals surface area contributed by atoms with Crippen LogP contribution < -0.4 is 10.6 Å². The van der Waals surface area contributed by atoms with Gasteiger partial charge >= 0.3 is 0 Å². The van der Waals surface area contributed by atoms with E-state index in [1.165, 1.54) is 30.3 Å². The van der Waals surface area contributed by atoms with Gasteiger partial charge in [-0.25, -0.2) is 8.78 Å². The maximum absolute atomic E-state index is 13.8. The number of nitrogens with zero attached hydrogens (tertiary/aromatic N) is 2. The van der Waals surface area contributed by atoms with Crippen LogP contribution in [0.3, 0.4) is 0 Å². The van der Waals surface area contributed by atoms with Gasteiger partial charge in [-0.1, -0.05) is 6.07 Å². The molecule has 0 fully saturated rings. The summed E-state index contributed by atoms with van der Waals surface area (Å²) in [7, 11) is 1.62. The highest BCUT2D eigenvalue weighted by molar-refractivity contribution is 7.97. The molecule has 0 aromatic heterocycles. The number of thioether (sulfide) groups is 1. The molecule has 4 nitrogen and oxygen atoms in total. The molecule has 2 N–H and O–H groups in total. The van der Waals surface area contributed by atoms with Crippen LogP contribution in [0.2, 0.25) is 0 Å². The summed E-state index contributed by atoms with van der Waals surface area (Å²) >= 11 is 1.62. The molecule has 0 amide bonds. The highest BCUT2D eigenvalue weighted by Crippen LogP contribution is 2.16. The SMILES string of the molecule is CN=C(NCc1cc(C#N)ccc1F)NCc1ccc(F)cc1CSC. The maximum atomic E-state index is 13.8. The Hall–Kier alpha value is -2.59. The van der Waals surface area contributed by atoms with Crippen molar-refractivity contribution in [2.75, 3.05) is 13.3 Å². The average Bonchev–Trinajstić information content (AvgIpc) is 2.64. The Kier molecular flexibility index (Phi) is 7.42. The molecule has 0 heterocycles. The summed E-state index contributed by atoms with van der Waals surface area (Å²) < 4.78 is 27.3. The Morgan fingerprint density at radius 3 is 2.46 bits per heavy atom. The summed E-state index contributed by atoms with van der Waals surface area (Å²) in [5, 5.41) is 15.1. The van der Waals surface area contributed by atoms with E-state index in [1.807, 2.05) is 12.3 Å². The van der Waals surface area contributed by atoms with Crippen LogP contribution in [0.15, 0.2) is 41.4 Å². The number of nitrogens with one attached hydrogen (secondary N) is 2. The van der Waals surface area contributed by atoms with E-state index in [0.717, 1.165) is 11.1 Å². The van der Waals surface area contributed by atoms with Crippen LogP contribution in [-0.4, -0.2) is 19.3 Å². The van der Waals surface area contributed by atoms with Crippen molar-refractivity contribution in [3.8, 4) is 6.07 Å². The highest BCUT2D eigenvalue weighted by atomic mass is 32.2. The molecule has 0 aliphatic carbocycles. The molecular weight excluding hydrogens is 354 g/mol. The van der Waals surface area contributed by atoms with Crippen LogP contribution in [0.1, 0.15) is 22.3 Å². The van der Waals surface area contributed by atoms with Gasteiger partial charge in [-0.3, -0.25) is 4.99 Å². The van der Waals surface area contributed by atoms with E-state index in [-0.39, 0.29) is 18.2 Å². The van der Waals surface area contributed by atoms with Crippen molar-refractivity contribution in [3.05, 3.63) is 70.3 Å². The number of hydrogen-bond donors (Lipinski definition) is 2. The van der Waals surface area contributed by atoms with Crippen molar-refractivity contribution in [1.29, 1.82) is 5.26 Å². The molecule has 0 unspecified atom stereocenters.